The minimum Gasteiger partial charge on any atom is -0.497 e. The first-order valence-electron chi connectivity index (χ1n) is 7.07. The van der Waals surface area contributed by atoms with Crippen molar-refractivity contribution < 1.29 is 18.8 Å². The highest BCUT2D eigenvalue weighted by Crippen LogP contribution is 2.43. The monoisotopic (exact) mass is 344 g/mol. The maximum Gasteiger partial charge on any atom is 0.319 e. The Bertz CT molecular complexity index is 994. The third-order valence-electron chi connectivity index (χ3n) is 3.67. The number of methoxy groups -OCH3 is 2. The number of halogens is 1. The van der Waals surface area contributed by atoms with Crippen molar-refractivity contribution in [3.05, 3.63) is 46.5 Å². The molecule has 0 saturated heterocycles. The number of benzene rings is 1. The van der Waals surface area contributed by atoms with Crippen LogP contribution in [-0.2, 0) is 0 Å². The Morgan fingerprint density at radius 3 is 2.56 bits per heavy atom. The molecule has 2 aromatic heterocycles. The van der Waals surface area contributed by atoms with E-state index in [1.165, 1.54) is 32.5 Å². The number of nitro benzene ring substituents is 1. The lowest BCUT2D eigenvalue weighted by Gasteiger charge is -2.12. The molecule has 0 fully saturated rings. The number of pyridine rings is 2. The molecule has 3 rings (SSSR count). The summed E-state index contributed by atoms with van der Waals surface area (Å²) in [5.41, 5.74) is 6.46. The predicted octanol–water partition coefficient (Wildman–Crippen LogP) is 2.94. The summed E-state index contributed by atoms with van der Waals surface area (Å²) in [4.78, 5) is 18.7. The van der Waals surface area contributed by atoms with Crippen molar-refractivity contribution in [2.45, 2.75) is 0 Å². The van der Waals surface area contributed by atoms with Crippen LogP contribution in [0.25, 0.3) is 22.0 Å². The van der Waals surface area contributed by atoms with Gasteiger partial charge in [-0.1, -0.05) is 0 Å². The standard InChI is InChI=1S/C16H13FN4O4/c1-24-9-4-10(15(21(22)23)13(5-9)25-2)11-3-8-7-19-14(17)6-12(8)20-16(11)18/h3-7H,1-2H3,(H2,18,20). The van der Waals surface area contributed by atoms with Crippen molar-refractivity contribution in [2.24, 2.45) is 0 Å². The fourth-order valence-electron chi connectivity index (χ4n) is 2.52. The van der Waals surface area contributed by atoms with Gasteiger partial charge in [0.2, 0.25) is 11.7 Å². The van der Waals surface area contributed by atoms with E-state index in [9.17, 15) is 14.5 Å². The van der Waals surface area contributed by atoms with Gasteiger partial charge in [0, 0.05) is 29.3 Å². The number of ether oxygens (including phenoxy) is 2. The van der Waals surface area contributed by atoms with E-state index in [-0.39, 0.29) is 22.8 Å². The first-order chi connectivity index (χ1) is 11.9. The number of aromatic nitrogens is 2. The zero-order chi connectivity index (χ0) is 18.1. The highest BCUT2D eigenvalue weighted by atomic mass is 19.1. The minimum absolute atomic E-state index is 0.0107. The van der Waals surface area contributed by atoms with Crippen LogP contribution in [0.5, 0.6) is 11.5 Å². The highest BCUT2D eigenvalue weighted by Gasteiger charge is 2.25. The van der Waals surface area contributed by atoms with E-state index in [1.807, 2.05) is 0 Å². The number of hydrogen-bond donors (Lipinski definition) is 1. The maximum absolute atomic E-state index is 13.2. The lowest BCUT2D eigenvalue weighted by molar-refractivity contribution is -0.385. The van der Waals surface area contributed by atoms with Crippen LogP contribution in [0.4, 0.5) is 15.9 Å². The van der Waals surface area contributed by atoms with Gasteiger partial charge in [0.25, 0.3) is 0 Å². The van der Waals surface area contributed by atoms with Gasteiger partial charge in [0.05, 0.1) is 30.2 Å². The lowest BCUT2D eigenvalue weighted by Crippen LogP contribution is -2.01. The van der Waals surface area contributed by atoms with Gasteiger partial charge in [-0.15, -0.1) is 0 Å². The molecule has 0 bridgehead atoms. The van der Waals surface area contributed by atoms with E-state index < -0.39 is 10.9 Å². The van der Waals surface area contributed by atoms with Crippen molar-refractivity contribution in [3.63, 3.8) is 0 Å². The molecule has 8 nitrogen and oxygen atoms in total. The minimum atomic E-state index is -0.693. The molecule has 2 heterocycles. The summed E-state index contributed by atoms with van der Waals surface area (Å²) in [5, 5.41) is 12.0. The zero-order valence-electron chi connectivity index (χ0n) is 13.3. The Hall–Kier alpha value is -3.49. The molecule has 3 aromatic rings. The largest absolute Gasteiger partial charge is 0.497 e. The molecule has 0 amide bonds. The van der Waals surface area contributed by atoms with Crippen LogP contribution in [0.1, 0.15) is 0 Å². The van der Waals surface area contributed by atoms with Crippen LogP contribution in [-0.4, -0.2) is 29.1 Å². The van der Waals surface area contributed by atoms with Crippen molar-refractivity contribution in [2.75, 3.05) is 20.0 Å². The number of fused-ring (bicyclic) bond motifs is 1. The molecule has 0 aliphatic rings. The smallest absolute Gasteiger partial charge is 0.319 e. The summed E-state index contributed by atoms with van der Waals surface area (Å²) < 4.78 is 23.5. The van der Waals surface area contributed by atoms with E-state index >= 15 is 0 Å². The first kappa shape index (κ1) is 16.4. The van der Waals surface area contributed by atoms with Crippen LogP contribution < -0.4 is 15.2 Å². The average Bonchev–Trinajstić information content (AvgIpc) is 2.59. The third-order valence-corrected chi connectivity index (χ3v) is 3.67. The van der Waals surface area contributed by atoms with Crippen LogP contribution >= 0.6 is 0 Å². The molecule has 0 aliphatic carbocycles. The van der Waals surface area contributed by atoms with Crippen molar-refractivity contribution in [1.29, 1.82) is 0 Å². The molecule has 9 heteroatoms. The van der Waals surface area contributed by atoms with Gasteiger partial charge in [0.1, 0.15) is 11.6 Å². The van der Waals surface area contributed by atoms with Gasteiger partial charge in [-0.05, 0) is 12.1 Å². The molecule has 128 valence electrons. The third kappa shape index (κ3) is 2.87. The number of nitrogens with two attached hydrogens (primary N) is 1. The Kier molecular flexibility index (Phi) is 4.05. The summed E-state index contributed by atoms with van der Waals surface area (Å²) in [6.45, 7) is 0. The topological polar surface area (TPSA) is 113 Å². The van der Waals surface area contributed by atoms with Gasteiger partial charge in [-0.3, -0.25) is 10.1 Å². The van der Waals surface area contributed by atoms with E-state index in [4.69, 9.17) is 15.2 Å². The van der Waals surface area contributed by atoms with Gasteiger partial charge < -0.3 is 15.2 Å². The molecule has 0 spiro atoms. The van der Waals surface area contributed by atoms with Gasteiger partial charge >= 0.3 is 5.69 Å². The van der Waals surface area contributed by atoms with Crippen LogP contribution in [0, 0.1) is 16.1 Å². The van der Waals surface area contributed by atoms with Gasteiger partial charge in [-0.25, -0.2) is 9.97 Å². The maximum atomic E-state index is 13.2. The van der Waals surface area contributed by atoms with E-state index in [0.717, 1.165) is 6.07 Å². The number of rotatable bonds is 4. The van der Waals surface area contributed by atoms with E-state index in [2.05, 4.69) is 9.97 Å². The van der Waals surface area contributed by atoms with Gasteiger partial charge in [0.15, 0.2) is 0 Å². The number of nitrogens with zero attached hydrogens (tertiary/aromatic N) is 3. The number of nitro groups is 1. The van der Waals surface area contributed by atoms with Crippen LogP contribution in [0.15, 0.2) is 30.5 Å². The fourth-order valence-corrected chi connectivity index (χ4v) is 2.52. The summed E-state index contributed by atoms with van der Waals surface area (Å²) in [6.07, 6.45) is 1.28. The molecule has 25 heavy (non-hydrogen) atoms. The highest BCUT2D eigenvalue weighted by molar-refractivity contribution is 5.92. The fraction of sp³-hybridized carbons (Fsp3) is 0.125. The second-order valence-electron chi connectivity index (χ2n) is 5.10. The lowest BCUT2D eigenvalue weighted by atomic mass is 10.0. The zero-order valence-corrected chi connectivity index (χ0v) is 13.3. The Morgan fingerprint density at radius 1 is 1.16 bits per heavy atom. The molecule has 0 saturated carbocycles. The number of nitrogen functional groups attached to an aromatic ring is 1. The average molecular weight is 344 g/mol. The number of anilines is 1. The Balaban J connectivity index is 2.35. The van der Waals surface area contributed by atoms with Crippen LogP contribution in [0.2, 0.25) is 0 Å². The van der Waals surface area contributed by atoms with Gasteiger partial charge in [-0.2, -0.15) is 4.39 Å². The Labute approximate surface area is 141 Å². The second kappa shape index (κ2) is 6.19. The molecule has 1 aromatic carbocycles. The van der Waals surface area contributed by atoms with E-state index in [0.29, 0.717) is 22.2 Å². The molecular formula is C16H13FN4O4. The normalized spacial score (nSPS) is 10.7. The van der Waals surface area contributed by atoms with Crippen molar-refractivity contribution >= 4 is 22.4 Å². The molecule has 0 aliphatic heterocycles. The number of hydrogen-bond acceptors (Lipinski definition) is 7. The van der Waals surface area contributed by atoms with Crippen molar-refractivity contribution in [1.82, 2.24) is 9.97 Å². The molecular weight excluding hydrogens is 331 g/mol. The van der Waals surface area contributed by atoms with Crippen molar-refractivity contribution in [3.8, 4) is 22.6 Å². The molecule has 0 radical (unpaired) electrons. The summed E-state index contributed by atoms with van der Waals surface area (Å²) >= 11 is 0. The predicted molar refractivity (Wildman–Crippen MR) is 89.1 cm³/mol. The molecule has 2 N–H and O–H groups in total. The molecule has 0 atom stereocenters. The molecule has 0 unspecified atom stereocenters. The Morgan fingerprint density at radius 2 is 1.92 bits per heavy atom. The summed E-state index contributed by atoms with van der Waals surface area (Å²) in [5.74, 6) is -0.303. The van der Waals surface area contributed by atoms with E-state index in [1.54, 1.807) is 6.07 Å². The second-order valence-corrected chi connectivity index (χ2v) is 5.10. The first-order valence-corrected chi connectivity index (χ1v) is 7.07. The quantitative estimate of drug-likeness (QED) is 0.440. The SMILES string of the molecule is COc1cc(OC)c([N+](=O)[O-])c(-c2cc3cnc(F)cc3nc2N)c1. The summed E-state index contributed by atoms with van der Waals surface area (Å²) in [7, 11) is 2.75. The van der Waals surface area contributed by atoms with Crippen LogP contribution in [0.3, 0.4) is 0 Å². The summed E-state index contributed by atoms with van der Waals surface area (Å²) in [6, 6.07) is 5.57.